The second-order valence-electron chi connectivity index (χ2n) is 6.37. The fraction of sp³-hybridized carbons (Fsp3) is 0.400. The lowest BCUT2D eigenvalue weighted by molar-refractivity contribution is 0.318. The average molecular weight is 295 g/mol. The van der Waals surface area contributed by atoms with Crippen molar-refractivity contribution in [2.75, 3.05) is 5.73 Å². The molecule has 2 N–H and O–H groups in total. The van der Waals surface area contributed by atoms with Crippen LogP contribution in [-0.4, -0.2) is 0 Å². The van der Waals surface area contributed by atoms with Gasteiger partial charge in [-0.15, -0.1) is 0 Å². The fourth-order valence-electron chi connectivity index (χ4n) is 3.38. The highest BCUT2D eigenvalue weighted by atomic mass is 16.5. The van der Waals surface area contributed by atoms with E-state index in [0.717, 1.165) is 29.0 Å². The number of nitrogens with two attached hydrogens (primary N) is 1. The van der Waals surface area contributed by atoms with E-state index >= 15 is 0 Å². The largest absolute Gasteiger partial charge is 0.457 e. The van der Waals surface area contributed by atoms with Crippen LogP contribution >= 0.6 is 0 Å². The highest BCUT2D eigenvalue weighted by molar-refractivity contribution is 5.43. The van der Waals surface area contributed by atoms with Gasteiger partial charge in [0.2, 0.25) is 0 Å². The highest BCUT2D eigenvalue weighted by Gasteiger charge is 2.21. The van der Waals surface area contributed by atoms with Crippen molar-refractivity contribution < 1.29 is 4.74 Å². The van der Waals surface area contributed by atoms with Crippen LogP contribution in [0.5, 0.6) is 11.5 Å². The van der Waals surface area contributed by atoms with E-state index in [-0.39, 0.29) is 0 Å². The van der Waals surface area contributed by atoms with Gasteiger partial charge in [-0.1, -0.05) is 25.5 Å². The maximum atomic E-state index is 5.85. The summed E-state index contributed by atoms with van der Waals surface area (Å²) in [7, 11) is 0. The van der Waals surface area contributed by atoms with Crippen LogP contribution in [-0.2, 0) is 0 Å². The molecule has 3 rings (SSSR count). The molecule has 0 heterocycles. The minimum absolute atomic E-state index is 0.730. The fourth-order valence-corrected chi connectivity index (χ4v) is 3.38. The Hall–Kier alpha value is -1.96. The van der Waals surface area contributed by atoms with Crippen LogP contribution in [0, 0.1) is 5.92 Å². The Balaban J connectivity index is 1.62. The molecule has 0 saturated heterocycles. The van der Waals surface area contributed by atoms with Crippen LogP contribution in [0.25, 0.3) is 0 Å². The third kappa shape index (κ3) is 3.62. The molecule has 0 unspecified atom stereocenters. The summed E-state index contributed by atoms with van der Waals surface area (Å²) in [4.78, 5) is 0. The summed E-state index contributed by atoms with van der Waals surface area (Å²) in [6, 6.07) is 16.1. The molecule has 0 atom stereocenters. The summed E-state index contributed by atoms with van der Waals surface area (Å²) < 4.78 is 5.85. The molecule has 0 radical (unpaired) electrons. The van der Waals surface area contributed by atoms with E-state index in [1.165, 1.54) is 37.7 Å². The SMILES string of the molecule is CCC1CCC(c2ccc(Oc3ccc(N)cc3)cc2)CC1. The normalized spacial score (nSPS) is 21.5. The quantitative estimate of drug-likeness (QED) is 0.729. The Morgan fingerprint density at radius 1 is 0.864 bits per heavy atom. The van der Waals surface area contributed by atoms with Gasteiger partial charge in [0.15, 0.2) is 0 Å². The second kappa shape index (κ2) is 6.87. The molecular weight excluding hydrogens is 270 g/mol. The monoisotopic (exact) mass is 295 g/mol. The minimum Gasteiger partial charge on any atom is -0.457 e. The molecule has 2 heteroatoms. The van der Waals surface area contributed by atoms with Gasteiger partial charge in [-0.05, 0) is 79.5 Å². The van der Waals surface area contributed by atoms with Crippen molar-refractivity contribution >= 4 is 5.69 Å². The summed E-state index contributed by atoms with van der Waals surface area (Å²) in [6.45, 7) is 2.31. The summed E-state index contributed by atoms with van der Waals surface area (Å²) >= 11 is 0. The summed E-state index contributed by atoms with van der Waals surface area (Å²) in [5.74, 6) is 3.39. The van der Waals surface area contributed by atoms with Crippen LogP contribution in [0.2, 0.25) is 0 Å². The van der Waals surface area contributed by atoms with Crippen molar-refractivity contribution in [3.63, 3.8) is 0 Å². The van der Waals surface area contributed by atoms with E-state index in [2.05, 4.69) is 31.2 Å². The number of hydrogen-bond acceptors (Lipinski definition) is 2. The van der Waals surface area contributed by atoms with E-state index in [4.69, 9.17) is 10.5 Å². The van der Waals surface area contributed by atoms with Crippen LogP contribution in [0.4, 0.5) is 5.69 Å². The van der Waals surface area contributed by atoms with Gasteiger partial charge in [0.1, 0.15) is 11.5 Å². The van der Waals surface area contributed by atoms with Gasteiger partial charge in [0, 0.05) is 5.69 Å². The van der Waals surface area contributed by atoms with E-state index < -0.39 is 0 Å². The Bertz CT molecular complexity index is 580. The van der Waals surface area contributed by atoms with Crippen molar-refractivity contribution in [2.24, 2.45) is 5.92 Å². The number of anilines is 1. The van der Waals surface area contributed by atoms with Gasteiger partial charge in [-0.3, -0.25) is 0 Å². The molecule has 116 valence electrons. The number of hydrogen-bond donors (Lipinski definition) is 1. The van der Waals surface area contributed by atoms with Gasteiger partial charge in [-0.25, -0.2) is 0 Å². The lowest BCUT2D eigenvalue weighted by Gasteiger charge is -2.28. The number of nitrogen functional groups attached to an aromatic ring is 1. The number of benzene rings is 2. The summed E-state index contributed by atoms with van der Waals surface area (Å²) in [5, 5.41) is 0. The average Bonchev–Trinajstić information content (AvgIpc) is 2.58. The van der Waals surface area contributed by atoms with Crippen LogP contribution < -0.4 is 10.5 Å². The van der Waals surface area contributed by atoms with E-state index in [1.54, 1.807) is 0 Å². The first-order valence-corrected chi connectivity index (χ1v) is 8.38. The molecule has 22 heavy (non-hydrogen) atoms. The zero-order chi connectivity index (χ0) is 15.4. The number of ether oxygens (including phenoxy) is 1. The molecular formula is C20H25NO. The van der Waals surface area contributed by atoms with Crippen molar-refractivity contribution in [3.05, 3.63) is 54.1 Å². The van der Waals surface area contributed by atoms with Gasteiger partial charge in [0.05, 0.1) is 0 Å². The summed E-state index contributed by atoms with van der Waals surface area (Å²) in [5.41, 5.74) is 7.90. The smallest absolute Gasteiger partial charge is 0.127 e. The number of rotatable bonds is 4. The molecule has 0 spiro atoms. The first-order valence-electron chi connectivity index (χ1n) is 8.38. The maximum Gasteiger partial charge on any atom is 0.127 e. The molecule has 2 aromatic rings. The third-order valence-electron chi connectivity index (χ3n) is 4.89. The second-order valence-corrected chi connectivity index (χ2v) is 6.37. The minimum atomic E-state index is 0.730. The standard InChI is InChI=1S/C20H25NO/c1-2-15-3-5-16(6-4-15)17-7-11-19(12-8-17)22-20-13-9-18(21)10-14-20/h7-16H,2-6,21H2,1H3. The van der Waals surface area contributed by atoms with E-state index in [1.807, 2.05) is 24.3 Å². The lowest BCUT2D eigenvalue weighted by atomic mass is 9.78. The van der Waals surface area contributed by atoms with Crippen LogP contribution in [0.15, 0.2) is 48.5 Å². The van der Waals surface area contributed by atoms with Gasteiger partial charge < -0.3 is 10.5 Å². The first-order chi connectivity index (χ1) is 10.7. The Kier molecular flexibility index (Phi) is 4.67. The van der Waals surface area contributed by atoms with E-state index in [9.17, 15) is 0 Å². The summed E-state index contributed by atoms with van der Waals surface area (Å²) in [6.07, 6.45) is 6.75. The Morgan fingerprint density at radius 2 is 1.41 bits per heavy atom. The highest BCUT2D eigenvalue weighted by Crippen LogP contribution is 2.37. The zero-order valence-corrected chi connectivity index (χ0v) is 13.3. The molecule has 1 aliphatic carbocycles. The molecule has 0 amide bonds. The molecule has 1 saturated carbocycles. The molecule has 0 bridgehead atoms. The Morgan fingerprint density at radius 3 is 1.95 bits per heavy atom. The van der Waals surface area contributed by atoms with Gasteiger partial charge in [0.25, 0.3) is 0 Å². The molecule has 0 aliphatic heterocycles. The molecule has 0 aromatic heterocycles. The lowest BCUT2D eigenvalue weighted by Crippen LogP contribution is -2.12. The molecule has 1 fully saturated rings. The Labute approximate surface area is 133 Å². The van der Waals surface area contributed by atoms with Crippen LogP contribution in [0.3, 0.4) is 0 Å². The van der Waals surface area contributed by atoms with Crippen molar-refractivity contribution in [2.45, 2.75) is 44.9 Å². The first kappa shape index (κ1) is 15.0. The van der Waals surface area contributed by atoms with E-state index in [0.29, 0.717) is 0 Å². The zero-order valence-electron chi connectivity index (χ0n) is 13.3. The van der Waals surface area contributed by atoms with Crippen molar-refractivity contribution in [1.29, 1.82) is 0 Å². The predicted octanol–water partition coefficient (Wildman–Crippen LogP) is 5.74. The topological polar surface area (TPSA) is 35.2 Å². The molecule has 1 aliphatic rings. The predicted molar refractivity (Wildman–Crippen MR) is 92.4 cm³/mol. The van der Waals surface area contributed by atoms with Crippen LogP contribution in [0.1, 0.15) is 50.5 Å². The molecule has 2 aromatic carbocycles. The third-order valence-corrected chi connectivity index (χ3v) is 4.89. The van der Waals surface area contributed by atoms with Crippen molar-refractivity contribution in [1.82, 2.24) is 0 Å². The van der Waals surface area contributed by atoms with Gasteiger partial charge in [-0.2, -0.15) is 0 Å². The maximum absolute atomic E-state index is 5.85. The van der Waals surface area contributed by atoms with Crippen molar-refractivity contribution in [3.8, 4) is 11.5 Å². The molecule has 2 nitrogen and oxygen atoms in total. The van der Waals surface area contributed by atoms with Gasteiger partial charge >= 0.3 is 0 Å².